The topological polar surface area (TPSA) is 51.5 Å². The number of esters is 1. The number of aliphatic imine (C=N–C) groups is 1. The van der Waals surface area contributed by atoms with Gasteiger partial charge in [-0.1, -0.05) is 6.07 Å². The molecule has 1 aromatic heterocycles. The van der Waals surface area contributed by atoms with Crippen LogP contribution >= 0.6 is 0 Å². The van der Waals surface area contributed by atoms with E-state index in [0.29, 0.717) is 0 Å². The lowest BCUT2D eigenvalue weighted by molar-refractivity contribution is -0.137. The van der Waals surface area contributed by atoms with Crippen molar-refractivity contribution < 1.29 is 22.7 Å². The van der Waals surface area contributed by atoms with Crippen LogP contribution in [0.2, 0.25) is 0 Å². The van der Waals surface area contributed by atoms with Gasteiger partial charge in [0.2, 0.25) is 5.71 Å². The Kier molecular flexibility index (Phi) is 3.60. The van der Waals surface area contributed by atoms with Crippen molar-refractivity contribution in [3.63, 3.8) is 0 Å². The summed E-state index contributed by atoms with van der Waals surface area (Å²) >= 11 is 0. The number of carbonyl (C=O) groups is 1. The van der Waals surface area contributed by atoms with Gasteiger partial charge in [0.15, 0.2) is 5.82 Å². The van der Waals surface area contributed by atoms with Gasteiger partial charge >= 0.3 is 12.1 Å². The number of ether oxygens (including phenoxy) is 1. The summed E-state index contributed by atoms with van der Waals surface area (Å²) in [6.45, 7) is 0. The molecule has 1 heterocycles. The van der Waals surface area contributed by atoms with Crippen molar-refractivity contribution in [3.8, 4) is 0 Å². The van der Waals surface area contributed by atoms with Crippen molar-refractivity contribution in [1.82, 2.24) is 4.98 Å². The molecule has 0 amide bonds. The minimum atomic E-state index is -4.87. The fraction of sp³-hybridized carbons (Fsp3) is 0.222. The molecular formula is C9H7F3N2O2. The molecule has 7 heteroatoms. The van der Waals surface area contributed by atoms with E-state index in [2.05, 4.69) is 14.7 Å². The highest BCUT2D eigenvalue weighted by molar-refractivity contribution is 6.39. The van der Waals surface area contributed by atoms with E-state index in [4.69, 9.17) is 0 Å². The molecule has 0 spiro atoms. The number of halogens is 3. The van der Waals surface area contributed by atoms with Crippen LogP contribution in [0, 0.1) is 0 Å². The summed E-state index contributed by atoms with van der Waals surface area (Å²) in [4.78, 5) is 17.5. The molecule has 0 atom stereocenters. The number of nitrogens with zero attached hydrogens (tertiary/aromatic N) is 2. The average Bonchev–Trinajstić information content (AvgIpc) is 2.25. The van der Waals surface area contributed by atoms with E-state index in [1.54, 1.807) is 0 Å². The third-order valence-electron chi connectivity index (χ3n) is 1.52. The molecule has 0 unspecified atom stereocenters. The molecule has 0 saturated carbocycles. The molecule has 0 aliphatic rings. The van der Waals surface area contributed by atoms with E-state index in [0.717, 1.165) is 7.11 Å². The fourth-order valence-electron chi connectivity index (χ4n) is 0.856. The molecule has 0 aliphatic carbocycles. The summed E-state index contributed by atoms with van der Waals surface area (Å²) < 4.78 is 41.1. The van der Waals surface area contributed by atoms with Gasteiger partial charge in [0.05, 0.1) is 7.11 Å². The van der Waals surface area contributed by atoms with Crippen molar-refractivity contribution in [2.24, 2.45) is 4.99 Å². The maximum Gasteiger partial charge on any atom is 0.440 e. The molecule has 0 radical (unpaired) electrons. The number of hydrogen-bond donors (Lipinski definition) is 0. The first kappa shape index (κ1) is 12.2. The largest absolute Gasteiger partial charge is 0.464 e. The number of hydrogen-bond acceptors (Lipinski definition) is 4. The third kappa shape index (κ3) is 3.04. The van der Waals surface area contributed by atoms with Gasteiger partial charge in [-0.15, -0.1) is 0 Å². The molecule has 1 rings (SSSR count). The summed E-state index contributed by atoms with van der Waals surface area (Å²) in [5.41, 5.74) is -1.63. The third-order valence-corrected chi connectivity index (χ3v) is 1.52. The first-order valence-electron chi connectivity index (χ1n) is 4.10. The van der Waals surface area contributed by atoms with Gasteiger partial charge < -0.3 is 4.74 Å². The first-order chi connectivity index (χ1) is 7.45. The number of carbonyl (C=O) groups excluding carboxylic acids is 1. The minimum Gasteiger partial charge on any atom is -0.464 e. The predicted molar refractivity (Wildman–Crippen MR) is 49.4 cm³/mol. The molecular weight excluding hydrogens is 225 g/mol. The second-order valence-electron chi connectivity index (χ2n) is 2.64. The zero-order chi connectivity index (χ0) is 12.2. The van der Waals surface area contributed by atoms with Crippen LogP contribution in [0.4, 0.5) is 19.0 Å². The van der Waals surface area contributed by atoms with Crippen molar-refractivity contribution in [3.05, 3.63) is 24.4 Å². The first-order valence-corrected chi connectivity index (χ1v) is 4.10. The standard InChI is InChI=1S/C9H7F3N2O2/c1-16-8(15)7(9(10,11)12)14-6-4-2-3-5-13-6/h2-5H,1H3. The van der Waals surface area contributed by atoms with E-state index in [-0.39, 0.29) is 5.82 Å². The number of methoxy groups -OCH3 is 1. The molecule has 0 N–H and O–H groups in total. The molecule has 0 aliphatic heterocycles. The second-order valence-corrected chi connectivity index (χ2v) is 2.64. The van der Waals surface area contributed by atoms with E-state index in [9.17, 15) is 18.0 Å². The Morgan fingerprint density at radius 2 is 2.12 bits per heavy atom. The van der Waals surface area contributed by atoms with Gasteiger partial charge in [0.25, 0.3) is 0 Å². The number of pyridine rings is 1. The van der Waals surface area contributed by atoms with Gasteiger partial charge in [-0.25, -0.2) is 14.8 Å². The lowest BCUT2D eigenvalue weighted by Gasteiger charge is -2.07. The van der Waals surface area contributed by atoms with Crippen LogP contribution < -0.4 is 0 Å². The molecule has 0 aromatic carbocycles. The predicted octanol–water partition coefficient (Wildman–Crippen LogP) is 1.89. The highest BCUT2D eigenvalue weighted by Gasteiger charge is 2.42. The Morgan fingerprint density at radius 1 is 1.44 bits per heavy atom. The normalized spacial score (nSPS) is 12.4. The van der Waals surface area contributed by atoms with Crippen LogP contribution in [0.5, 0.6) is 0 Å². The molecule has 86 valence electrons. The van der Waals surface area contributed by atoms with Crippen molar-refractivity contribution in [1.29, 1.82) is 0 Å². The summed E-state index contributed by atoms with van der Waals surface area (Å²) in [6, 6.07) is 4.22. The van der Waals surface area contributed by atoms with E-state index in [1.807, 2.05) is 0 Å². The van der Waals surface area contributed by atoms with Gasteiger partial charge in [0, 0.05) is 6.20 Å². The highest BCUT2D eigenvalue weighted by Crippen LogP contribution is 2.21. The van der Waals surface area contributed by atoms with Crippen LogP contribution in [-0.4, -0.2) is 30.0 Å². The Hall–Kier alpha value is -1.92. The Bertz CT molecular complexity index is 401. The lowest BCUT2D eigenvalue weighted by atomic mass is 10.3. The monoisotopic (exact) mass is 232 g/mol. The molecule has 0 saturated heterocycles. The van der Waals surface area contributed by atoms with Crippen molar-refractivity contribution >= 4 is 17.5 Å². The SMILES string of the molecule is COC(=O)C(=Nc1ccccn1)C(F)(F)F. The number of aromatic nitrogens is 1. The molecule has 4 nitrogen and oxygen atoms in total. The van der Waals surface area contributed by atoms with Gasteiger partial charge in [-0.3, -0.25) is 0 Å². The lowest BCUT2D eigenvalue weighted by Crippen LogP contribution is -2.31. The highest BCUT2D eigenvalue weighted by atomic mass is 19.4. The Labute approximate surface area is 88.8 Å². The minimum absolute atomic E-state index is 0.208. The Morgan fingerprint density at radius 3 is 2.56 bits per heavy atom. The molecule has 1 aromatic rings. The van der Waals surface area contributed by atoms with Crippen molar-refractivity contribution in [2.45, 2.75) is 6.18 Å². The molecule has 0 fully saturated rings. The zero-order valence-electron chi connectivity index (χ0n) is 8.15. The van der Waals surface area contributed by atoms with Gasteiger partial charge in [-0.05, 0) is 12.1 Å². The van der Waals surface area contributed by atoms with Crippen LogP contribution in [0.25, 0.3) is 0 Å². The van der Waals surface area contributed by atoms with Gasteiger partial charge in [-0.2, -0.15) is 13.2 Å². The van der Waals surface area contributed by atoms with Crippen LogP contribution in [0.15, 0.2) is 29.4 Å². The maximum absolute atomic E-state index is 12.4. The van der Waals surface area contributed by atoms with E-state index in [1.165, 1.54) is 24.4 Å². The summed E-state index contributed by atoms with van der Waals surface area (Å²) in [5, 5.41) is 0. The Balaban J connectivity index is 3.12. The van der Waals surface area contributed by atoms with Crippen LogP contribution in [0.3, 0.4) is 0 Å². The quantitative estimate of drug-likeness (QED) is 0.578. The molecule has 0 bridgehead atoms. The summed E-state index contributed by atoms with van der Waals surface area (Å²) in [7, 11) is 0.849. The van der Waals surface area contributed by atoms with E-state index < -0.39 is 17.9 Å². The average molecular weight is 232 g/mol. The zero-order valence-corrected chi connectivity index (χ0v) is 8.15. The van der Waals surface area contributed by atoms with Crippen molar-refractivity contribution in [2.75, 3.05) is 7.11 Å². The van der Waals surface area contributed by atoms with Crippen LogP contribution in [0.1, 0.15) is 0 Å². The smallest absolute Gasteiger partial charge is 0.440 e. The second kappa shape index (κ2) is 4.73. The molecule has 16 heavy (non-hydrogen) atoms. The number of rotatable bonds is 2. The maximum atomic E-state index is 12.4. The van der Waals surface area contributed by atoms with E-state index >= 15 is 0 Å². The summed E-state index contributed by atoms with van der Waals surface area (Å²) in [6.07, 6.45) is -3.60. The van der Waals surface area contributed by atoms with Crippen LogP contribution in [-0.2, 0) is 9.53 Å². The number of alkyl halides is 3. The fourth-order valence-corrected chi connectivity index (χ4v) is 0.856. The summed E-state index contributed by atoms with van der Waals surface area (Å²) in [5.74, 6) is -1.75. The van der Waals surface area contributed by atoms with Gasteiger partial charge in [0.1, 0.15) is 0 Å².